The van der Waals surface area contributed by atoms with Crippen LogP contribution in [0.1, 0.15) is 5.56 Å². The molecule has 1 amide bonds. The number of hydrogen-bond donors (Lipinski definition) is 2. The fourth-order valence-corrected chi connectivity index (χ4v) is 1.68. The van der Waals surface area contributed by atoms with Crippen LogP contribution in [0.25, 0.3) is 0 Å². The molecule has 0 radical (unpaired) electrons. The van der Waals surface area contributed by atoms with Crippen LogP contribution in [-0.4, -0.2) is 31.7 Å². The van der Waals surface area contributed by atoms with E-state index in [1.807, 2.05) is 0 Å². The molecule has 1 aliphatic heterocycles. The van der Waals surface area contributed by atoms with Crippen LogP contribution in [-0.2, 0) is 9.53 Å². The minimum Gasteiger partial charge on any atom is -0.366 e. The molecule has 1 heterocycles. The number of halogens is 2. The topological polar surface area (TPSA) is 74.2 Å². The van der Waals surface area contributed by atoms with Gasteiger partial charge in [0.1, 0.15) is 23.8 Å². The predicted octanol–water partition coefficient (Wildman–Crippen LogP) is 0.763. The lowest BCUT2D eigenvalue weighted by Gasteiger charge is -2.22. The Morgan fingerprint density at radius 1 is 1.47 bits per heavy atom. The van der Waals surface area contributed by atoms with Gasteiger partial charge in [-0.25, -0.2) is 8.78 Å². The molecule has 1 aliphatic rings. The smallest absolute Gasteiger partial charge is 0.254 e. The average Bonchev–Trinajstić information content (AvgIpc) is 2.43. The van der Waals surface area contributed by atoms with E-state index in [2.05, 4.69) is 10.6 Å². The lowest BCUT2D eigenvalue weighted by Crippen LogP contribution is -2.45. The number of hydrogen-bond acceptors (Lipinski definition) is 4. The number of ether oxygens (including phenoxy) is 1. The number of nitrogens with zero attached hydrogens (tertiary/aromatic N) is 1. The van der Waals surface area contributed by atoms with Gasteiger partial charge in [-0.1, -0.05) is 0 Å². The number of amides is 1. The molecule has 1 aromatic carbocycles. The van der Waals surface area contributed by atoms with Crippen molar-refractivity contribution in [3.63, 3.8) is 0 Å². The van der Waals surface area contributed by atoms with Crippen molar-refractivity contribution in [2.45, 2.75) is 6.10 Å². The number of nitriles is 1. The number of morpholine rings is 1. The van der Waals surface area contributed by atoms with Crippen LogP contribution < -0.4 is 10.6 Å². The number of nitrogens with one attached hydrogen (secondary N) is 2. The molecule has 5 nitrogen and oxygen atoms in total. The molecule has 1 aromatic rings. The van der Waals surface area contributed by atoms with Crippen LogP contribution >= 0.6 is 0 Å². The summed E-state index contributed by atoms with van der Waals surface area (Å²) in [5, 5.41) is 13.7. The Morgan fingerprint density at radius 3 is 2.89 bits per heavy atom. The van der Waals surface area contributed by atoms with Gasteiger partial charge in [0.15, 0.2) is 0 Å². The van der Waals surface area contributed by atoms with Gasteiger partial charge in [-0.2, -0.15) is 5.26 Å². The van der Waals surface area contributed by atoms with Gasteiger partial charge in [-0.3, -0.25) is 4.79 Å². The summed E-state index contributed by atoms with van der Waals surface area (Å²) in [4.78, 5) is 11.8. The monoisotopic (exact) mass is 267 g/mol. The van der Waals surface area contributed by atoms with Crippen LogP contribution in [0.2, 0.25) is 0 Å². The summed E-state index contributed by atoms with van der Waals surface area (Å²) < 4.78 is 32.1. The maximum Gasteiger partial charge on any atom is 0.254 e. The van der Waals surface area contributed by atoms with Gasteiger partial charge in [0, 0.05) is 19.2 Å². The Hall–Kier alpha value is -2.04. The van der Waals surface area contributed by atoms with E-state index < -0.39 is 29.2 Å². The van der Waals surface area contributed by atoms with Crippen LogP contribution in [0.15, 0.2) is 12.1 Å². The second-order valence-corrected chi connectivity index (χ2v) is 3.98. The van der Waals surface area contributed by atoms with Gasteiger partial charge in [0.2, 0.25) is 0 Å². The minimum absolute atomic E-state index is 0.310. The van der Waals surface area contributed by atoms with E-state index in [0.717, 1.165) is 12.1 Å². The maximum atomic E-state index is 13.6. The SMILES string of the molecule is N#Cc1cc(F)c(NC(=O)C2CNCCO2)cc1F. The molecule has 1 fully saturated rings. The highest BCUT2D eigenvalue weighted by Crippen LogP contribution is 2.19. The summed E-state index contributed by atoms with van der Waals surface area (Å²) in [6.45, 7) is 1.33. The van der Waals surface area contributed by atoms with Crippen LogP contribution in [0.5, 0.6) is 0 Å². The Morgan fingerprint density at radius 2 is 2.26 bits per heavy atom. The highest BCUT2D eigenvalue weighted by molar-refractivity contribution is 5.94. The first-order valence-corrected chi connectivity index (χ1v) is 5.64. The van der Waals surface area contributed by atoms with E-state index in [9.17, 15) is 13.6 Å². The fourth-order valence-electron chi connectivity index (χ4n) is 1.68. The molecule has 1 unspecified atom stereocenters. The Kier molecular flexibility index (Phi) is 4.04. The lowest BCUT2D eigenvalue weighted by atomic mass is 10.2. The molecule has 1 saturated heterocycles. The molecule has 1 atom stereocenters. The van der Waals surface area contributed by atoms with E-state index in [4.69, 9.17) is 10.00 Å². The van der Waals surface area contributed by atoms with Crippen molar-refractivity contribution in [3.05, 3.63) is 29.3 Å². The Balaban J connectivity index is 2.12. The molecule has 0 aliphatic carbocycles. The van der Waals surface area contributed by atoms with Crippen LogP contribution in [0.4, 0.5) is 14.5 Å². The van der Waals surface area contributed by atoms with E-state index in [1.165, 1.54) is 6.07 Å². The second kappa shape index (κ2) is 5.73. The van der Waals surface area contributed by atoms with Gasteiger partial charge in [-0.15, -0.1) is 0 Å². The zero-order chi connectivity index (χ0) is 13.8. The third-order valence-electron chi connectivity index (χ3n) is 2.66. The standard InChI is InChI=1S/C12H11F2N3O2/c13-8-4-10(9(14)3-7(8)5-15)17-12(18)11-6-16-1-2-19-11/h3-4,11,16H,1-2,6H2,(H,17,18). The van der Waals surface area contributed by atoms with E-state index >= 15 is 0 Å². The first-order chi connectivity index (χ1) is 9.11. The molecule has 7 heteroatoms. The largest absolute Gasteiger partial charge is 0.366 e. The first-order valence-electron chi connectivity index (χ1n) is 5.64. The first kappa shape index (κ1) is 13.4. The van der Waals surface area contributed by atoms with Gasteiger partial charge in [0.05, 0.1) is 17.9 Å². The zero-order valence-corrected chi connectivity index (χ0v) is 9.87. The fraction of sp³-hybridized carbons (Fsp3) is 0.333. The summed E-state index contributed by atoms with van der Waals surface area (Å²) in [6, 6.07) is 3.04. The van der Waals surface area contributed by atoms with Gasteiger partial charge >= 0.3 is 0 Å². The second-order valence-electron chi connectivity index (χ2n) is 3.98. The summed E-state index contributed by atoms with van der Waals surface area (Å²) >= 11 is 0. The highest BCUT2D eigenvalue weighted by Gasteiger charge is 2.23. The number of benzene rings is 1. The van der Waals surface area contributed by atoms with Crippen LogP contribution in [0, 0.1) is 23.0 Å². The molecule has 19 heavy (non-hydrogen) atoms. The average molecular weight is 267 g/mol. The summed E-state index contributed by atoms with van der Waals surface area (Å²) in [6.07, 6.45) is -0.744. The predicted molar refractivity (Wildman–Crippen MR) is 62.3 cm³/mol. The maximum absolute atomic E-state index is 13.6. The number of carbonyl (C=O) groups is 1. The van der Waals surface area contributed by atoms with Crippen molar-refractivity contribution in [2.24, 2.45) is 0 Å². The zero-order valence-electron chi connectivity index (χ0n) is 9.87. The van der Waals surface area contributed by atoms with Crippen molar-refractivity contribution in [2.75, 3.05) is 25.0 Å². The number of carbonyl (C=O) groups excluding carboxylic acids is 1. The third-order valence-corrected chi connectivity index (χ3v) is 2.66. The van der Waals surface area contributed by atoms with Crippen LogP contribution in [0.3, 0.4) is 0 Å². The van der Waals surface area contributed by atoms with Gasteiger partial charge in [-0.05, 0) is 6.07 Å². The van der Waals surface area contributed by atoms with Crippen molar-refractivity contribution >= 4 is 11.6 Å². The van der Waals surface area contributed by atoms with E-state index in [1.54, 1.807) is 0 Å². The summed E-state index contributed by atoms with van der Waals surface area (Å²) in [7, 11) is 0. The summed E-state index contributed by atoms with van der Waals surface area (Å²) in [5.41, 5.74) is -0.721. The normalized spacial score (nSPS) is 18.7. The summed E-state index contributed by atoms with van der Waals surface area (Å²) in [5.74, 6) is -2.31. The third kappa shape index (κ3) is 3.05. The van der Waals surface area contributed by atoms with Gasteiger partial charge < -0.3 is 15.4 Å². The molecule has 2 rings (SSSR count). The van der Waals surface area contributed by atoms with Crippen molar-refractivity contribution in [1.82, 2.24) is 5.32 Å². The van der Waals surface area contributed by atoms with Crippen molar-refractivity contribution in [1.29, 1.82) is 5.26 Å². The van der Waals surface area contributed by atoms with Crippen molar-refractivity contribution < 1.29 is 18.3 Å². The lowest BCUT2D eigenvalue weighted by molar-refractivity contribution is -0.128. The molecule has 2 N–H and O–H groups in total. The molecule has 0 saturated carbocycles. The highest BCUT2D eigenvalue weighted by atomic mass is 19.1. The quantitative estimate of drug-likeness (QED) is 0.829. The molecular weight excluding hydrogens is 256 g/mol. The minimum atomic E-state index is -0.887. The molecule has 100 valence electrons. The molecule has 0 spiro atoms. The Bertz CT molecular complexity index is 537. The number of anilines is 1. The molecule has 0 bridgehead atoms. The van der Waals surface area contributed by atoms with E-state index in [-0.39, 0.29) is 5.69 Å². The number of rotatable bonds is 2. The van der Waals surface area contributed by atoms with Gasteiger partial charge in [0.25, 0.3) is 5.91 Å². The molecule has 0 aromatic heterocycles. The molecular formula is C12H11F2N3O2. The van der Waals surface area contributed by atoms with E-state index in [0.29, 0.717) is 19.7 Å². The van der Waals surface area contributed by atoms with Crippen molar-refractivity contribution in [3.8, 4) is 6.07 Å². The Labute approximate surface area is 108 Å².